The zero-order valence-corrected chi connectivity index (χ0v) is 11.5. The molecule has 0 aliphatic rings. The van der Waals surface area contributed by atoms with Gasteiger partial charge in [0.15, 0.2) is 0 Å². The fourth-order valence-electron chi connectivity index (χ4n) is 2.04. The quantitative estimate of drug-likeness (QED) is 0.787. The van der Waals surface area contributed by atoms with Crippen molar-refractivity contribution in [2.24, 2.45) is 0 Å². The van der Waals surface area contributed by atoms with E-state index in [-0.39, 0.29) is 0 Å². The maximum absolute atomic E-state index is 10.8. The number of carboxylic acid groups (broad SMARTS) is 1. The van der Waals surface area contributed by atoms with E-state index in [1.165, 1.54) is 4.73 Å². The fourth-order valence-corrected chi connectivity index (χ4v) is 2.04. The summed E-state index contributed by atoms with van der Waals surface area (Å²) in [5.74, 6) is -0.256. The van der Waals surface area contributed by atoms with E-state index >= 15 is 0 Å². The summed E-state index contributed by atoms with van der Waals surface area (Å²) in [6.07, 6.45) is 0. The van der Waals surface area contributed by atoms with Crippen molar-refractivity contribution in [2.75, 3.05) is 6.61 Å². The highest BCUT2D eigenvalue weighted by Gasteiger charge is 2.18. The molecule has 7 heteroatoms. The van der Waals surface area contributed by atoms with Gasteiger partial charge in [0, 0.05) is 6.07 Å². The zero-order valence-electron chi connectivity index (χ0n) is 11.5. The lowest BCUT2D eigenvalue weighted by Crippen LogP contribution is -2.20. The van der Waals surface area contributed by atoms with Gasteiger partial charge >= 0.3 is 5.97 Å². The fraction of sp³-hybridized carbons (Fsp3) is 0.214. The van der Waals surface area contributed by atoms with Gasteiger partial charge in [0.05, 0.1) is 11.2 Å². The summed E-state index contributed by atoms with van der Waals surface area (Å²) >= 11 is 0. The molecule has 0 atom stereocenters. The van der Waals surface area contributed by atoms with Gasteiger partial charge in [-0.1, -0.05) is 11.2 Å². The predicted octanol–water partition coefficient (Wildman–Crippen LogP) is 1.82. The molecule has 7 nitrogen and oxygen atoms in total. The molecule has 0 spiro atoms. The largest absolute Gasteiger partial charge is 0.479 e. The van der Waals surface area contributed by atoms with Crippen molar-refractivity contribution in [3.05, 3.63) is 35.5 Å². The van der Waals surface area contributed by atoms with Crippen LogP contribution in [0.15, 0.2) is 28.8 Å². The number of benzene rings is 1. The molecule has 0 radical (unpaired) electrons. The Morgan fingerprint density at radius 1 is 1.38 bits per heavy atom. The molecule has 3 aromatic rings. The van der Waals surface area contributed by atoms with Crippen LogP contribution in [-0.4, -0.2) is 32.6 Å². The SMILES string of the molecule is Cc1ccc2nc(-c3cc(C)no3)n(OCC(=O)O)c2c1. The number of aliphatic carboxylic acids is 1. The third-order valence-corrected chi connectivity index (χ3v) is 2.93. The Morgan fingerprint density at radius 3 is 2.86 bits per heavy atom. The van der Waals surface area contributed by atoms with E-state index in [2.05, 4.69) is 10.1 Å². The van der Waals surface area contributed by atoms with Crippen LogP contribution in [0.25, 0.3) is 22.6 Å². The number of nitrogens with zero attached hydrogens (tertiary/aromatic N) is 3. The summed E-state index contributed by atoms with van der Waals surface area (Å²) in [5, 5.41) is 12.6. The molecule has 0 bridgehead atoms. The van der Waals surface area contributed by atoms with E-state index in [1.54, 1.807) is 13.0 Å². The van der Waals surface area contributed by atoms with Crippen LogP contribution in [0.2, 0.25) is 0 Å². The van der Waals surface area contributed by atoms with Crippen molar-refractivity contribution < 1.29 is 19.3 Å². The Morgan fingerprint density at radius 2 is 2.19 bits per heavy atom. The molecular formula is C14H13N3O4. The number of aryl methyl sites for hydroxylation is 2. The summed E-state index contributed by atoms with van der Waals surface area (Å²) in [7, 11) is 0. The van der Waals surface area contributed by atoms with Gasteiger partial charge in [-0.15, -0.1) is 0 Å². The molecule has 0 fully saturated rings. The van der Waals surface area contributed by atoms with Gasteiger partial charge in [0.2, 0.25) is 18.2 Å². The molecule has 1 N–H and O–H groups in total. The summed E-state index contributed by atoms with van der Waals surface area (Å²) in [6.45, 7) is 3.26. The van der Waals surface area contributed by atoms with Crippen LogP contribution < -0.4 is 4.84 Å². The highest BCUT2D eigenvalue weighted by Crippen LogP contribution is 2.25. The van der Waals surface area contributed by atoms with E-state index < -0.39 is 12.6 Å². The maximum atomic E-state index is 10.8. The summed E-state index contributed by atoms with van der Waals surface area (Å²) in [4.78, 5) is 20.5. The highest BCUT2D eigenvalue weighted by atomic mass is 16.7. The molecule has 3 rings (SSSR count). The average Bonchev–Trinajstić information content (AvgIpc) is 2.99. The Hall–Kier alpha value is -2.83. The number of fused-ring (bicyclic) bond motifs is 1. The number of carboxylic acids is 1. The number of hydrogen-bond acceptors (Lipinski definition) is 5. The van der Waals surface area contributed by atoms with Crippen molar-refractivity contribution in [3.63, 3.8) is 0 Å². The molecule has 0 saturated carbocycles. The normalized spacial score (nSPS) is 11.0. The first-order valence-electron chi connectivity index (χ1n) is 6.32. The van der Waals surface area contributed by atoms with Gasteiger partial charge in [-0.2, -0.15) is 4.73 Å². The van der Waals surface area contributed by atoms with Gasteiger partial charge in [-0.3, -0.25) is 0 Å². The second kappa shape index (κ2) is 4.93. The summed E-state index contributed by atoms with van der Waals surface area (Å²) in [6, 6.07) is 7.36. The Bertz CT molecular complexity index is 819. The van der Waals surface area contributed by atoms with Crippen LogP contribution in [0.5, 0.6) is 0 Å². The first-order valence-corrected chi connectivity index (χ1v) is 6.32. The molecule has 108 valence electrons. The zero-order chi connectivity index (χ0) is 15.0. The van der Waals surface area contributed by atoms with Gasteiger partial charge in [0.25, 0.3) is 0 Å². The van der Waals surface area contributed by atoms with Crippen LogP contribution in [0.3, 0.4) is 0 Å². The van der Waals surface area contributed by atoms with Gasteiger partial charge < -0.3 is 14.5 Å². The number of rotatable bonds is 4. The Labute approximate surface area is 119 Å². The monoisotopic (exact) mass is 287 g/mol. The van der Waals surface area contributed by atoms with E-state index in [9.17, 15) is 4.79 Å². The lowest BCUT2D eigenvalue weighted by molar-refractivity contribution is -0.142. The predicted molar refractivity (Wildman–Crippen MR) is 73.8 cm³/mol. The second-order valence-electron chi connectivity index (χ2n) is 4.72. The maximum Gasteiger partial charge on any atom is 0.344 e. The van der Waals surface area contributed by atoms with E-state index in [1.807, 2.05) is 25.1 Å². The first kappa shape index (κ1) is 13.2. The second-order valence-corrected chi connectivity index (χ2v) is 4.72. The van der Waals surface area contributed by atoms with Crippen LogP contribution in [0.1, 0.15) is 11.3 Å². The lowest BCUT2D eigenvalue weighted by Gasteiger charge is -2.07. The number of imidazole rings is 1. The van der Waals surface area contributed by atoms with Crippen molar-refractivity contribution in [1.82, 2.24) is 14.9 Å². The minimum atomic E-state index is -1.07. The minimum absolute atomic E-state index is 0.387. The molecule has 0 saturated heterocycles. The third-order valence-electron chi connectivity index (χ3n) is 2.93. The smallest absolute Gasteiger partial charge is 0.344 e. The number of aromatic nitrogens is 3. The topological polar surface area (TPSA) is 90.4 Å². The van der Waals surface area contributed by atoms with Crippen molar-refractivity contribution in [3.8, 4) is 11.6 Å². The third kappa shape index (κ3) is 2.45. The molecule has 0 amide bonds. The molecular weight excluding hydrogens is 274 g/mol. The van der Waals surface area contributed by atoms with Gasteiger partial charge in [-0.25, -0.2) is 9.78 Å². The molecule has 2 heterocycles. The van der Waals surface area contributed by atoms with E-state index in [0.29, 0.717) is 28.3 Å². The Kier molecular flexibility index (Phi) is 3.09. The standard InChI is InChI=1S/C14H13N3O4/c1-8-3-4-10-11(5-8)17(20-7-13(18)19)14(15-10)12-6-9(2)16-21-12/h3-6H,7H2,1-2H3,(H,18,19). The summed E-state index contributed by atoms with van der Waals surface area (Å²) in [5.41, 5.74) is 3.09. The minimum Gasteiger partial charge on any atom is -0.479 e. The van der Waals surface area contributed by atoms with Crippen LogP contribution >= 0.6 is 0 Å². The lowest BCUT2D eigenvalue weighted by atomic mass is 10.2. The highest BCUT2D eigenvalue weighted by molar-refractivity contribution is 5.80. The van der Waals surface area contributed by atoms with Gasteiger partial charge in [0.1, 0.15) is 5.52 Å². The van der Waals surface area contributed by atoms with Crippen molar-refractivity contribution >= 4 is 17.0 Å². The number of carbonyl (C=O) groups is 1. The molecule has 1 aromatic carbocycles. The average molecular weight is 287 g/mol. The molecule has 21 heavy (non-hydrogen) atoms. The Balaban J connectivity index is 2.17. The van der Waals surface area contributed by atoms with Crippen molar-refractivity contribution in [1.29, 1.82) is 0 Å². The van der Waals surface area contributed by atoms with Crippen LogP contribution in [0, 0.1) is 13.8 Å². The molecule has 0 unspecified atom stereocenters. The van der Waals surface area contributed by atoms with Crippen LogP contribution in [-0.2, 0) is 4.79 Å². The van der Waals surface area contributed by atoms with E-state index in [0.717, 1.165) is 5.56 Å². The van der Waals surface area contributed by atoms with E-state index in [4.69, 9.17) is 14.5 Å². The van der Waals surface area contributed by atoms with Crippen LogP contribution in [0.4, 0.5) is 0 Å². The molecule has 2 aromatic heterocycles. The molecule has 0 aliphatic carbocycles. The summed E-state index contributed by atoms with van der Waals surface area (Å²) < 4.78 is 6.57. The molecule has 0 aliphatic heterocycles. The first-order chi connectivity index (χ1) is 10.0. The number of hydrogen-bond donors (Lipinski definition) is 1. The van der Waals surface area contributed by atoms with Crippen molar-refractivity contribution in [2.45, 2.75) is 13.8 Å². The van der Waals surface area contributed by atoms with Gasteiger partial charge in [-0.05, 0) is 31.5 Å².